The number of carbonyl (C=O) groups excluding carboxylic acids is 2. The SMILES string of the molecule is CCCCC/C=C\C/C=C\C/C=C\CCCCCCC(=O)OC(/C=C\CCCCCCCCCCCCC)C(COP(=O)(O)OCC[N+](C)(C)C)NC(=O)CCCCCCCCCCCCCCCCCCCCCCCCCCC. The third-order valence-electron chi connectivity index (χ3n) is 15.8. The van der Waals surface area contributed by atoms with E-state index in [1.807, 2.05) is 33.3 Å². The Bertz CT molecular complexity index is 1520. The highest BCUT2D eigenvalue weighted by atomic mass is 31.2. The number of rotatable bonds is 64. The smallest absolute Gasteiger partial charge is 0.456 e. The average molecular weight is 1160 g/mol. The van der Waals surface area contributed by atoms with E-state index in [9.17, 15) is 19.0 Å². The Hall–Kier alpha value is -2.03. The maximum Gasteiger partial charge on any atom is 0.472 e. The van der Waals surface area contributed by atoms with Crippen LogP contribution >= 0.6 is 7.82 Å². The summed E-state index contributed by atoms with van der Waals surface area (Å²) in [4.78, 5) is 37.9. The third-order valence-corrected chi connectivity index (χ3v) is 16.8. The predicted octanol–water partition coefficient (Wildman–Crippen LogP) is 22.0. The molecule has 10 heteroatoms. The number of nitrogens with one attached hydrogen (secondary N) is 1. The van der Waals surface area contributed by atoms with Gasteiger partial charge in [-0.3, -0.25) is 18.6 Å². The Labute approximate surface area is 503 Å². The fourth-order valence-corrected chi connectivity index (χ4v) is 11.1. The van der Waals surface area contributed by atoms with E-state index in [-0.39, 0.29) is 31.5 Å². The molecule has 2 N–H and O–H groups in total. The number of hydrogen-bond acceptors (Lipinski definition) is 6. The Morgan fingerprint density at radius 2 is 0.753 bits per heavy atom. The van der Waals surface area contributed by atoms with Crippen molar-refractivity contribution in [2.24, 2.45) is 0 Å². The van der Waals surface area contributed by atoms with Crippen molar-refractivity contribution in [2.75, 3.05) is 40.9 Å². The molecule has 0 aliphatic heterocycles. The van der Waals surface area contributed by atoms with Gasteiger partial charge in [-0.25, -0.2) is 4.57 Å². The highest BCUT2D eigenvalue weighted by molar-refractivity contribution is 7.47. The van der Waals surface area contributed by atoms with Crippen LogP contribution in [0.2, 0.25) is 0 Å². The zero-order chi connectivity index (χ0) is 59.3. The molecule has 0 saturated heterocycles. The summed E-state index contributed by atoms with van der Waals surface area (Å²) in [5.41, 5.74) is 0. The van der Waals surface area contributed by atoms with Crippen LogP contribution in [0.3, 0.4) is 0 Å². The fourth-order valence-electron chi connectivity index (χ4n) is 10.4. The maximum absolute atomic E-state index is 13.6. The fraction of sp³-hybridized carbons (Fsp3) is 0.859. The number of likely N-dealkylation sites (N-methyl/N-ethyl adjacent to an activating group) is 1. The molecule has 0 fully saturated rings. The molecule has 0 aliphatic carbocycles. The molecule has 9 nitrogen and oxygen atoms in total. The standard InChI is InChI=1S/C71H135N2O7P/c1-7-10-13-16-19-22-25-28-30-32-33-34-35-36-37-38-39-41-42-45-48-51-54-57-60-63-70(74)72-68(67-79-81(76,77)78-66-65-73(4,5)6)69(62-59-56-53-50-47-44-27-24-21-18-15-12-9-3)80-71(75)64-61-58-55-52-49-46-43-40-31-29-26-23-20-17-14-11-8-2/h20,23,29,31,43,46,59,62,68-69H,7-19,21-22,24-28,30,32-42,44-45,47-58,60-61,63-67H2,1-6H3,(H-,72,74,76,77)/p+1/b23-20-,31-29-,46-43-,62-59-. The van der Waals surface area contributed by atoms with Gasteiger partial charge in [-0.05, 0) is 70.3 Å². The lowest BCUT2D eigenvalue weighted by molar-refractivity contribution is -0.870. The number of hydrogen-bond donors (Lipinski definition) is 2. The van der Waals surface area contributed by atoms with Gasteiger partial charge in [-0.15, -0.1) is 0 Å². The summed E-state index contributed by atoms with van der Waals surface area (Å²) in [6.07, 6.45) is 76.9. The van der Waals surface area contributed by atoms with Crippen LogP contribution in [0.15, 0.2) is 48.6 Å². The number of esters is 1. The molecule has 1 amide bonds. The second-order valence-corrected chi connectivity index (χ2v) is 26.5. The molecule has 0 saturated carbocycles. The minimum Gasteiger partial charge on any atom is -0.456 e. The van der Waals surface area contributed by atoms with Crippen LogP contribution < -0.4 is 5.32 Å². The first-order valence-electron chi connectivity index (χ1n) is 35.0. The van der Waals surface area contributed by atoms with Gasteiger partial charge < -0.3 is 19.4 Å². The summed E-state index contributed by atoms with van der Waals surface area (Å²) in [6.45, 7) is 7.02. The van der Waals surface area contributed by atoms with Crippen molar-refractivity contribution in [1.29, 1.82) is 0 Å². The molecule has 0 aliphatic rings. The zero-order valence-corrected chi connectivity index (χ0v) is 55.4. The molecule has 0 aromatic carbocycles. The van der Waals surface area contributed by atoms with Crippen LogP contribution in [-0.2, 0) is 27.9 Å². The molecule has 0 heterocycles. The topological polar surface area (TPSA) is 111 Å². The summed E-state index contributed by atoms with van der Waals surface area (Å²) in [7, 11) is 1.50. The second kappa shape index (κ2) is 61.1. The molecule has 0 aromatic heterocycles. The van der Waals surface area contributed by atoms with Gasteiger partial charge in [-0.1, -0.05) is 307 Å². The van der Waals surface area contributed by atoms with Crippen molar-refractivity contribution in [3.8, 4) is 0 Å². The van der Waals surface area contributed by atoms with Gasteiger partial charge in [0.15, 0.2) is 0 Å². The lowest BCUT2D eigenvalue weighted by Crippen LogP contribution is -2.47. The number of phosphoric ester groups is 1. The molecule has 81 heavy (non-hydrogen) atoms. The average Bonchev–Trinajstić information content (AvgIpc) is 3.44. The van der Waals surface area contributed by atoms with Crippen LogP contribution in [0.5, 0.6) is 0 Å². The first-order valence-corrected chi connectivity index (χ1v) is 36.5. The van der Waals surface area contributed by atoms with Crippen molar-refractivity contribution < 1.29 is 37.3 Å². The van der Waals surface area contributed by atoms with E-state index in [1.165, 1.54) is 225 Å². The highest BCUT2D eigenvalue weighted by Gasteiger charge is 2.30. The normalized spacial score (nSPS) is 13.8. The first kappa shape index (κ1) is 79.0. The molecule has 0 spiro atoms. The minimum atomic E-state index is -4.46. The van der Waals surface area contributed by atoms with Crippen molar-refractivity contribution in [1.82, 2.24) is 5.32 Å². The molecule has 3 atom stereocenters. The second-order valence-electron chi connectivity index (χ2n) is 25.1. The maximum atomic E-state index is 13.6. The van der Waals surface area contributed by atoms with E-state index in [1.54, 1.807) is 0 Å². The van der Waals surface area contributed by atoms with Crippen LogP contribution in [-0.4, -0.2) is 74.3 Å². The van der Waals surface area contributed by atoms with Crippen molar-refractivity contribution in [3.05, 3.63) is 48.6 Å². The van der Waals surface area contributed by atoms with Gasteiger partial charge in [0.1, 0.15) is 19.3 Å². The van der Waals surface area contributed by atoms with Crippen LogP contribution in [0.4, 0.5) is 0 Å². The summed E-state index contributed by atoms with van der Waals surface area (Å²) >= 11 is 0. The molecule has 0 rings (SSSR count). The molecule has 476 valence electrons. The Morgan fingerprint density at radius 3 is 1.15 bits per heavy atom. The molecule has 0 aromatic rings. The van der Waals surface area contributed by atoms with E-state index < -0.39 is 20.0 Å². The number of unbranched alkanes of at least 4 members (excludes halogenated alkanes) is 42. The number of quaternary nitrogens is 1. The van der Waals surface area contributed by atoms with Gasteiger partial charge in [0.25, 0.3) is 0 Å². The molecule has 0 radical (unpaired) electrons. The summed E-state index contributed by atoms with van der Waals surface area (Å²) in [5.74, 6) is -0.515. The molecule has 3 unspecified atom stereocenters. The van der Waals surface area contributed by atoms with E-state index in [2.05, 4.69) is 62.5 Å². The van der Waals surface area contributed by atoms with Crippen LogP contribution in [0.25, 0.3) is 0 Å². The van der Waals surface area contributed by atoms with E-state index >= 15 is 0 Å². The largest absolute Gasteiger partial charge is 0.472 e. The number of allylic oxidation sites excluding steroid dienone is 7. The molecule has 0 bridgehead atoms. The third kappa shape index (κ3) is 62.3. The summed E-state index contributed by atoms with van der Waals surface area (Å²) < 4.78 is 30.8. The van der Waals surface area contributed by atoms with Crippen LogP contribution in [0, 0.1) is 0 Å². The minimum absolute atomic E-state index is 0.0379. The number of nitrogens with zero attached hydrogens (tertiary/aromatic N) is 1. The zero-order valence-electron chi connectivity index (χ0n) is 54.5. The highest BCUT2D eigenvalue weighted by Crippen LogP contribution is 2.43. The van der Waals surface area contributed by atoms with Crippen LogP contribution in [0.1, 0.15) is 342 Å². The number of ether oxygens (including phenoxy) is 1. The number of carbonyl (C=O) groups is 2. The molecular formula is C71H136N2O7P+. The van der Waals surface area contributed by atoms with E-state index in [0.29, 0.717) is 23.9 Å². The monoisotopic (exact) mass is 1160 g/mol. The number of amides is 1. The Morgan fingerprint density at radius 1 is 0.432 bits per heavy atom. The quantitative estimate of drug-likeness (QED) is 0.0205. The van der Waals surface area contributed by atoms with Crippen molar-refractivity contribution in [2.45, 2.75) is 354 Å². The van der Waals surface area contributed by atoms with E-state index in [4.69, 9.17) is 13.8 Å². The molecular weight excluding hydrogens is 1020 g/mol. The summed E-state index contributed by atoms with van der Waals surface area (Å²) in [5, 5.41) is 3.07. The predicted molar refractivity (Wildman–Crippen MR) is 351 cm³/mol. The Balaban J connectivity index is 5.09. The summed E-state index contributed by atoms with van der Waals surface area (Å²) in [6, 6.07) is -0.856. The van der Waals surface area contributed by atoms with Gasteiger partial charge >= 0.3 is 13.8 Å². The first-order chi connectivity index (χ1) is 39.4. The van der Waals surface area contributed by atoms with Gasteiger partial charge in [0, 0.05) is 12.8 Å². The van der Waals surface area contributed by atoms with Crippen molar-refractivity contribution in [3.63, 3.8) is 0 Å². The van der Waals surface area contributed by atoms with E-state index in [0.717, 1.165) is 77.0 Å². The lowest BCUT2D eigenvalue weighted by Gasteiger charge is -2.27. The van der Waals surface area contributed by atoms with Crippen molar-refractivity contribution >= 4 is 19.7 Å². The number of phosphoric acid groups is 1. The van der Waals surface area contributed by atoms with Gasteiger partial charge in [0.05, 0.1) is 33.8 Å². The van der Waals surface area contributed by atoms with Gasteiger partial charge in [0.2, 0.25) is 5.91 Å². The van der Waals surface area contributed by atoms with Gasteiger partial charge in [-0.2, -0.15) is 0 Å². The Kier molecular flexibility index (Phi) is 59.5. The lowest BCUT2D eigenvalue weighted by atomic mass is 10.0.